The average molecular weight is 338 g/mol. The number of aromatic nitrogens is 2. The van der Waals surface area contributed by atoms with Crippen molar-refractivity contribution in [2.24, 2.45) is 0 Å². The Hall–Kier alpha value is -1.72. The van der Waals surface area contributed by atoms with Crippen LogP contribution >= 0.6 is 0 Å². The van der Waals surface area contributed by atoms with Crippen molar-refractivity contribution in [1.29, 1.82) is 0 Å². The molecule has 3 aliphatic rings. The maximum absolute atomic E-state index is 5.61. The fourth-order valence-corrected chi connectivity index (χ4v) is 5.06. The summed E-state index contributed by atoms with van der Waals surface area (Å²) in [5.41, 5.74) is 1.43. The monoisotopic (exact) mass is 338 g/mol. The van der Waals surface area contributed by atoms with Crippen molar-refractivity contribution in [3.63, 3.8) is 0 Å². The first-order valence-corrected chi connectivity index (χ1v) is 9.74. The standard InChI is InChI=1S/C20H26N4O/c1-2-7-15(8-3-1)18-13-16(17-9-6-12-24(17)18)20-21-19(25-22-20)14-23-10-4-5-11-23/h1-3,7-8,16-18H,4-6,9-14H2/t16-,17+,18-/m0/s1. The lowest BCUT2D eigenvalue weighted by atomic mass is 9.94. The smallest absolute Gasteiger partial charge is 0.240 e. The lowest BCUT2D eigenvalue weighted by Gasteiger charge is -2.24. The fraction of sp³-hybridized carbons (Fsp3) is 0.600. The molecule has 5 heteroatoms. The minimum absolute atomic E-state index is 0.406. The molecule has 3 atom stereocenters. The van der Waals surface area contributed by atoms with E-state index in [0.29, 0.717) is 18.0 Å². The Morgan fingerprint density at radius 3 is 2.72 bits per heavy atom. The highest BCUT2D eigenvalue weighted by Gasteiger charge is 2.46. The zero-order valence-electron chi connectivity index (χ0n) is 14.7. The van der Waals surface area contributed by atoms with Gasteiger partial charge in [0.2, 0.25) is 5.89 Å². The topological polar surface area (TPSA) is 45.4 Å². The van der Waals surface area contributed by atoms with Gasteiger partial charge >= 0.3 is 0 Å². The molecule has 0 unspecified atom stereocenters. The van der Waals surface area contributed by atoms with Crippen molar-refractivity contribution in [3.8, 4) is 0 Å². The number of likely N-dealkylation sites (tertiary alicyclic amines) is 1. The molecule has 0 N–H and O–H groups in total. The van der Waals surface area contributed by atoms with E-state index in [2.05, 4.69) is 45.3 Å². The van der Waals surface area contributed by atoms with Crippen molar-refractivity contribution in [2.45, 2.75) is 56.7 Å². The number of hydrogen-bond acceptors (Lipinski definition) is 5. The largest absolute Gasteiger partial charge is 0.338 e. The van der Waals surface area contributed by atoms with E-state index in [1.165, 1.54) is 37.8 Å². The van der Waals surface area contributed by atoms with Crippen LogP contribution < -0.4 is 0 Å². The van der Waals surface area contributed by atoms with Crippen LogP contribution in [0, 0.1) is 0 Å². The van der Waals surface area contributed by atoms with Gasteiger partial charge in [0.1, 0.15) is 0 Å². The number of nitrogens with zero attached hydrogens (tertiary/aromatic N) is 4. The summed E-state index contributed by atoms with van der Waals surface area (Å²) in [6.07, 6.45) is 6.23. The van der Waals surface area contributed by atoms with Gasteiger partial charge in [-0.2, -0.15) is 4.98 Å². The maximum Gasteiger partial charge on any atom is 0.240 e. The van der Waals surface area contributed by atoms with Gasteiger partial charge in [0, 0.05) is 18.0 Å². The van der Waals surface area contributed by atoms with E-state index >= 15 is 0 Å². The average Bonchev–Trinajstić information content (AvgIpc) is 3.41. The molecule has 0 saturated carbocycles. The van der Waals surface area contributed by atoms with E-state index in [1.54, 1.807) is 0 Å². The van der Waals surface area contributed by atoms with E-state index < -0.39 is 0 Å². The summed E-state index contributed by atoms with van der Waals surface area (Å²) in [4.78, 5) is 9.89. The number of benzene rings is 1. The van der Waals surface area contributed by atoms with Crippen molar-refractivity contribution in [2.75, 3.05) is 19.6 Å². The van der Waals surface area contributed by atoms with E-state index in [1.807, 2.05) is 0 Å². The van der Waals surface area contributed by atoms with Crippen LogP contribution in [0.3, 0.4) is 0 Å². The first-order chi connectivity index (χ1) is 12.4. The summed E-state index contributed by atoms with van der Waals surface area (Å²) in [7, 11) is 0. The predicted octanol–water partition coefficient (Wildman–Crippen LogP) is 3.36. The van der Waals surface area contributed by atoms with E-state index in [0.717, 1.165) is 37.8 Å². The quantitative estimate of drug-likeness (QED) is 0.855. The zero-order chi connectivity index (χ0) is 16.6. The molecule has 25 heavy (non-hydrogen) atoms. The minimum atomic E-state index is 0.406. The second kappa shape index (κ2) is 6.54. The highest BCUT2D eigenvalue weighted by molar-refractivity contribution is 5.24. The number of fused-ring (bicyclic) bond motifs is 1. The van der Waals surface area contributed by atoms with Gasteiger partial charge in [0.25, 0.3) is 0 Å². The van der Waals surface area contributed by atoms with Crippen LogP contribution in [-0.2, 0) is 6.54 Å². The van der Waals surface area contributed by atoms with Gasteiger partial charge in [-0.1, -0.05) is 35.5 Å². The van der Waals surface area contributed by atoms with Crippen molar-refractivity contribution in [3.05, 3.63) is 47.6 Å². The SMILES string of the molecule is c1ccc([C@@H]2C[C@H](c3noc(CN4CCCC4)n3)[C@H]3CCCN32)cc1. The molecule has 0 radical (unpaired) electrons. The van der Waals surface area contributed by atoms with Crippen LogP contribution in [0.2, 0.25) is 0 Å². The van der Waals surface area contributed by atoms with Crippen molar-refractivity contribution >= 4 is 0 Å². The molecule has 0 spiro atoms. The molecule has 132 valence electrons. The molecule has 1 aromatic heterocycles. The van der Waals surface area contributed by atoms with Crippen LogP contribution in [0.1, 0.15) is 61.3 Å². The first kappa shape index (κ1) is 15.5. The summed E-state index contributed by atoms with van der Waals surface area (Å²) >= 11 is 0. The lowest BCUT2D eigenvalue weighted by molar-refractivity contribution is 0.243. The predicted molar refractivity (Wildman–Crippen MR) is 95.1 cm³/mol. The molecule has 3 saturated heterocycles. The third-order valence-electron chi connectivity index (χ3n) is 6.24. The Labute approximate surface area is 149 Å². The lowest BCUT2D eigenvalue weighted by Crippen LogP contribution is -2.27. The fourth-order valence-electron chi connectivity index (χ4n) is 5.06. The van der Waals surface area contributed by atoms with Crippen LogP contribution in [0.5, 0.6) is 0 Å². The molecule has 5 rings (SSSR count). The van der Waals surface area contributed by atoms with Crippen LogP contribution in [0.25, 0.3) is 0 Å². The van der Waals surface area contributed by atoms with Gasteiger partial charge < -0.3 is 4.52 Å². The Morgan fingerprint density at radius 1 is 1.04 bits per heavy atom. The molecule has 1 aromatic carbocycles. The van der Waals surface area contributed by atoms with E-state index in [-0.39, 0.29) is 0 Å². The molecular weight excluding hydrogens is 312 g/mol. The second-order valence-corrected chi connectivity index (χ2v) is 7.75. The molecule has 2 aromatic rings. The highest BCUT2D eigenvalue weighted by Crippen LogP contribution is 2.48. The Bertz CT molecular complexity index is 709. The van der Waals surface area contributed by atoms with Crippen LogP contribution in [-0.4, -0.2) is 45.6 Å². The second-order valence-electron chi connectivity index (χ2n) is 7.75. The van der Waals surface area contributed by atoms with E-state index in [4.69, 9.17) is 9.51 Å². The van der Waals surface area contributed by atoms with Crippen LogP contribution in [0.4, 0.5) is 0 Å². The van der Waals surface area contributed by atoms with Crippen molar-refractivity contribution in [1.82, 2.24) is 19.9 Å². The third-order valence-corrected chi connectivity index (χ3v) is 6.24. The van der Waals surface area contributed by atoms with Crippen LogP contribution in [0.15, 0.2) is 34.9 Å². The van der Waals surface area contributed by atoms with Gasteiger partial charge in [0.15, 0.2) is 5.82 Å². The number of hydrogen-bond donors (Lipinski definition) is 0. The molecule has 0 bridgehead atoms. The summed E-state index contributed by atoms with van der Waals surface area (Å²) in [6, 6.07) is 12.0. The molecule has 3 fully saturated rings. The maximum atomic E-state index is 5.61. The minimum Gasteiger partial charge on any atom is -0.338 e. The zero-order valence-corrected chi connectivity index (χ0v) is 14.7. The molecule has 0 aliphatic carbocycles. The summed E-state index contributed by atoms with van der Waals surface area (Å²) in [5.74, 6) is 2.14. The normalized spacial score (nSPS) is 30.2. The molecule has 4 heterocycles. The van der Waals surface area contributed by atoms with Gasteiger partial charge in [-0.15, -0.1) is 0 Å². The third kappa shape index (κ3) is 2.89. The Morgan fingerprint density at radius 2 is 1.88 bits per heavy atom. The highest BCUT2D eigenvalue weighted by atomic mass is 16.5. The summed E-state index contributed by atoms with van der Waals surface area (Å²) in [5, 5.41) is 4.39. The van der Waals surface area contributed by atoms with E-state index in [9.17, 15) is 0 Å². The van der Waals surface area contributed by atoms with Crippen molar-refractivity contribution < 1.29 is 4.52 Å². The summed E-state index contributed by atoms with van der Waals surface area (Å²) < 4.78 is 5.61. The molecule has 0 amide bonds. The molecular formula is C20H26N4O. The Balaban J connectivity index is 1.36. The first-order valence-electron chi connectivity index (χ1n) is 9.74. The van der Waals surface area contributed by atoms with Gasteiger partial charge in [-0.25, -0.2) is 0 Å². The molecule has 5 nitrogen and oxygen atoms in total. The van der Waals surface area contributed by atoms with Gasteiger partial charge in [-0.3, -0.25) is 9.80 Å². The number of rotatable bonds is 4. The summed E-state index contributed by atoms with van der Waals surface area (Å²) in [6.45, 7) is 4.33. The molecule has 3 aliphatic heterocycles. The Kier molecular flexibility index (Phi) is 4.06. The van der Waals surface area contributed by atoms with Gasteiger partial charge in [-0.05, 0) is 57.3 Å². The van der Waals surface area contributed by atoms with Gasteiger partial charge in [0.05, 0.1) is 6.54 Å².